The number of nitrogens with zero attached hydrogens (tertiary/aromatic N) is 3. The highest BCUT2D eigenvalue weighted by Gasteiger charge is 2.33. The van der Waals surface area contributed by atoms with Crippen LogP contribution < -0.4 is 4.90 Å². The van der Waals surface area contributed by atoms with Crippen LogP contribution in [0.3, 0.4) is 0 Å². The first kappa shape index (κ1) is 13.4. The predicted molar refractivity (Wildman–Crippen MR) is 64.5 cm³/mol. The van der Waals surface area contributed by atoms with Gasteiger partial charge in [-0.15, -0.1) is 0 Å². The molecule has 0 radical (unpaired) electrons. The monoisotopic (exact) mass is 267 g/mol. The molecule has 0 spiro atoms. The zero-order valence-corrected chi connectivity index (χ0v) is 10.3. The van der Waals surface area contributed by atoms with E-state index in [0.29, 0.717) is 13.1 Å². The zero-order chi connectivity index (χ0) is 14.0. The maximum atomic E-state index is 12.7. The van der Waals surface area contributed by atoms with Gasteiger partial charge in [0.25, 0.3) is 0 Å². The van der Waals surface area contributed by atoms with Crippen LogP contribution in [0, 0.1) is 11.3 Å². The third-order valence-electron chi connectivity index (χ3n) is 2.92. The van der Waals surface area contributed by atoms with Crippen LogP contribution in [-0.4, -0.2) is 18.1 Å². The molecule has 0 N–H and O–H groups in total. The average molecular weight is 267 g/mol. The van der Waals surface area contributed by atoms with Crippen LogP contribution in [0.2, 0.25) is 0 Å². The Labute approximate surface area is 109 Å². The Balaban J connectivity index is 2.43. The molecule has 0 saturated heterocycles. The summed E-state index contributed by atoms with van der Waals surface area (Å²) in [4.78, 5) is 5.34. The molecule has 2 heterocycles. The molecular weight excluding hydrogens is 255 g/mol. The van der Waals surface area contributed by atoms with Crippen LogP contribution in [0.25, 0.3) is 0 Å². The molecule has 0 amide bonds. The molecule has 1 aliphatic rings. The van der Waals surface area contributed by atoms with E-state index in [4.69, 9.17) is 5.26 Å². The summed E-state index contributed by atoms with van der Waals surface area (Å²) in [6.45, 7) is 2.98. The Morgan fingerprint density at radius 2 is 2.11 bits per heavy atom. The third kappa shape index (κ3) is 2.87. The van der Waals surface area contributed by atoms with Crippen molar-refractivity contribution < 1.29 is 13.2 Å². The number of pyridine rings is 1. The fraction of sp³-hybridized carbons (Fsp3) is 0.385. The minimum atomic E-state index is -4.50. The highest BCUT2D eigenvalue weighted by molar-refractivity contribution is 5.55. The van der Waals surface area contributed by atoms with Crippen molar-refractivity contribution in [3.8, 4) is 6.07 Å². The molecule has 1 aromatic rings. The molecule has 0 fully saturated rings. The van der Waals surface area contributed by atoms with E-state index in [0.717, 1.165) is 18.1 Å². The second kappa shape index (κ2) is 4.92. The molecule has 0 atom stereocenters. The number of halogens is 3. The summed E-state index contributed by atoms with van der Waals surface area (Å²) >= 11 is 0. The van der Waals surface area contributed by atoms with Crippen LogP contribution in [0.4, 0.5) is 19.0 Å². The summed E-state index contributed by atoms with van der Waals surface area (Å²) < 4.78 is 38.0. The molecule has 1 aromatic heterocycles. The number of rotatable bonds is 1. The summed E-state index contributed by atoms with van der Waals surface area (Å²) in [6, 6.07) is 3.92. The lowest BCUT2D eigenvalue weighted by Gasteiger charge is -2.28. The van der Waals surface area contributed by atoms with E-state index in [-0.39, 0.29) is 11.4 Å². The zero-order valence-electron chi connectivity index (χ0n) is 10.3. The molecule has 100 valence electrons. The van der Waals surface area contributed by atoms with Crippen molar-refractivity contribution >= 4 is 5.82 Å². The van der Waals surface area contributed by atoms with Crippen LogP contribution in [0.5, 0.6) is 0 Å². The number of anilines is 1. The van der Waals surface area contributed by atoms with Crippen molar-refractivity contribution in [2.24, 2.45) is 0 Å². The van der Waals surface area contributed by atoms with E-state index in [2.05, 4.69) is 4.98 Å². The Morgan fingerprint density at radius 3 is 2.68 bits per heavy atom. The summed E-state index contributed by atoms with van der Waals surface area (Å²) in [5, 5.41) is 9.00. The SMILES string of the molecule is CC1=CCCN(c2nc(C(F)(F)F)ccc2C#N)C1. The van der Waals surface area contributed by atoms with Crippen molar-refractivity contribution in [1.82, 2.24) is 4.98 Å². The first-order chi connectivity index (χ1) is 8.91. The fourth-order valence-electron chi connectivity index (χ4n) is 2.03. The van der Waals surface area contributed by atoms with Crippen LogP contribution in [0.15, 0.2) is 23.8 Å². The smallest absolute Gasteiger partial charge is 0.351 e. The van der Waals surface area contributed by atoms with E-state index >= 15 is 0 Å². The van der Waals surface area contributed by atoms with Crippen molar-refractivity contribution in [2.45, 2.75) is 19.5 Å². The standard InChI is InChI=1S/C13H12F3N3/c1-9-3-2-6-19(8-9)12-10(7-17)4-5-11(18-12)13(14,15)16/h3-5H,2,6,8H2,1H3. The van der Waals surface area contributed by atoms with Gasteiger partial charge in [-0.2, -0.15) is 18.4 Å². The van der Waals surface area contributed by atoms with E-state index < -0.39 is 11.9 Å². The van der Waals surface area contributed by atoms with E-state index in [1.54, 1.807) is 4.90 Å². The minimum Gasteiger partial charge on any atom is -0.351 e. The van der Waals surface area contributed by atoms with Gasteiger partial charge in [-0.05, 0) is 25.5 Å². The van der Waals surface area contributed by atoms with Crippen LogP contribution in [-0.2, 0) is 6.18 Å². The van der Waals surface area contributed by atoms with Crippen molar-refractivity contribution in [2.75, 3.05) is 18.0 Å². The quantitative estimate of drug-likeness (QED) is 0.734. The second-order valence-corrected chi connectivity index (χ2v) is 4.44. The summed E-state index contributed by atoms with van der Waals surface area (Å²) in [7, 11) is 0. The molecule has 19 heavy (non-hydrogen) atoms. The lowest BCUT2D eigenvalue weighted by Crippen LogP contribution is -2.31. The topological polar surface area (TPSA) is 39.9 Å². The van der Waals surface area contributed by atoms with Crippen LogP contribution in [0.1, 0.15) is 24.6 Å². The second-order valence-electron chi connectivity index (χ2n) is 4.44. The van der Waals surface area contributed by atoms with Crippen molar-refractivity contribution in [3.05, 3.63) is 35.0 Å². The largest absolute Gasteiger partial charge is 0.433 e. The summed E-state index contributed by atoms with van der Waals surface area (Å²) in [5.41, 5.74) is 0.269. The van der Waals surface area contributed by atoms with Gasteiger partial charge in [0.15, 0.2) is 0 Å². The number of nitriles is 1. The Hall–Kier alpha value is -2.03. The third-order valence-corrected chi connectivity index (χ3v) is 2.92. The Kier molecular flexibility index (Phi) is 3.47. The molecular formula is C13H12F3N3. The van der Waals surface area contributed by atoms with Crippen LogP contribution >= 0.6 is 0 Å². The van der Waals surface area contributed by atoms with Crippen molar-refractivity contribution in [3.63, 3.8) is 0 Å². The van der Waals surface area contributed by atoms with Gasteiger partial charge < -0.3 is 4.90 Å². The van der Waals surface area contributed by atoms with Gasteiger partial charge in [0, 0.05) is 13.1 Å². The molecule has 1 aliphatic heterocycles. The number of hydrogen-bond donors (Lipinski definition) is 0. The van der Waals surface area contributed by atoms with Crippen molar-refractivity contribution in [1.29, 1.82) is 5.26 Å². The van der Waals surface area contributed by atoms with E-state index in [9.17, 15) is 13.2 Å². The molecule has 2 rings (SSSR count). The average Bonchev–Trinajstić information content (AvgIpc) is 2.37. The van der Waals surface area contributed by atoms with Gasteiger partial charge in [0.2, 0.25) is 0 Å². The Bertz CT molecular complexity index is 555. The van der Waals surface area contributed by atoms with Gasteiger partial charge in [-0.3, -0.25) is 0 Å². The molecule has 0 unspecified atom stereocenters. The summed E-state index contributed by atoms with van der Waals surface area (Å²) in [5.74, 6) is 0.116. The molecule has 0 saturated carbocycles. The highest BCUT2D eigenvalue weighted by atomic mass is 19.4. The number of alkyl halides is 3. The van der Waals surface area contributed by atoms with Gasteiger partial charge in [-0.25, -0.2) is 4.98 Å². The molecule has 6 heteroatoms. The van der Waals surface area contributed by atoms with Gasteiger partial charge in [-0.1, -0.05) is 11.6 Å². The summed E-state index contributed by atoms with van der Waals surface area (Å²) in [6.07, 6.45) is -1.71. The molecule has 0 bridgehead atoms. The molecule has 0 aliphatic carbocycles. The fourth-order valence-corrected chi connectivity index (χ4v) is 2.03. The van der Waals surface area contributed by atoms with E-state index in [1.165, 1.54) is 6.07 Å². The normalized spacial score (nSPS) is 15.9. The first-order valence-corrected chi connectivity index (χ1v) is 5.80. The predicted octanol–water partition coefficient (Wildman–Crippen LogP) is 3.13. The lowest BCUT2D eigenvalue weighted by molar-refractivity contribution is -0.141. The lowest BCUT2D eigenvalue weighted by atomic mass is 10.1. The van der Waals surface area contributed by atoms with E-state index in [1.807, 2.05) is 19.1 Å². The van der Waals surface area contributed by atoms with Gasteiger partial charge >= 0.3 is 6.18 Å². The maximum absolute atomic E-state index is 12.7. The first-order valence-electron chi connectivity index (χ1n) is 5.80. The number of hydrogen-bond acceptors (Lipinski definition) is 3. The Morgan fingerprint density at radius 1 is 1.37 bits per heavy atom. The molecule has 0 aromatic carbocycles. The van der Waals surface area contributed by atoms with Gasteiger partial charge in [0.05, 0.1) is 5.56 Å². The van der Waals surface area contributed by atoms with Gasteiger partial charge in [0.1, 0.15) is 17.6 Å². The number of aromatic nitrogens is 1. The highest BCUT2D eigenvalue weighted by Crippen LogP contribution is 2.31. The minimum absolute atomic E-state index is 0.116. The molecule has 3 nitrogen and oxygen atoms in total. The maximum Gasteiger partial charge on any atom is 0.433 e.